The number of hydrogen-bond acceptors (Lipinski definition) is 5. The van der Waals surface area contributed by atoms with E-state index in [9.17, 15) is 13.2 Å². The summed E-state index contributed by atoms with van der Waals surface area (Å²) in [4.78, 5) is 16.7. The van der Waals surface area contributed by atoms with E-state index in [1.165, 1.54) is 18.3 Å². The summed E-state index contributed by atoms with van der Waals surface area (Å²) in [5.74, 6) is -0.568. The number of hydrazone groups is 1. The van der Waals surface area contributed by atoms with Gasteiger partial charge in [-0.1, -0.05) is 42.0 Å². The van der Waals surface area contributed by atoms with Crippen LogP contribution >= 0.6 is 0 Å². The second-order valence-corrected chi connectivity index (χ2v) is 8.52. The molecular formula is C22H22N4O3S. The lowest BCUT2D eigenvalue weighted by atomic mass is 10.1. The largest absolute Gasteiger partial charge is 0.271 e. The highest BCUT2D eigenvalue weighted by Crippen LogP contribution is 2.27. The molecule has 7 nitrogen and oxygen atoms in total. The van der Waals surface area contributed by atoms with Crippen molar-refractivity contribution >= 4 is 27.8 Å². The van der Waals surface area contributed by atoms with E-state index in [1.54, 1.807) is 48.7 Å². The van der Waals surface area contributed by atoms with Gasteiger partial charge in [-0.25, -0.2) is 13.8 Å². The summed E-state index contributed by atoms with van der Waals surface area (Å²) in [5, 5.41) is 3.87. The van der Waals surface area contributed by atoms with Gasteiger partial charge in [0.15, 0.2) is 0 Å². The summed E-state index contributed by atoms with van der Waals surface area (Å²) in [5.41, 5.74) is 5.13. The number of benzene rings is 2. The highest BCUT2D eigenvalue weighted by Gasteiger charge is 2.28. The number of pyridine rings is 1. The number of hydrogen-bond donors (Lipinski definition) is 1. The number of aryl methyl sites for hydroxylation is 2. The number of sulfonamides is 1. The first-order chi connectivity index (χ1) is 14.4. The zero-order valence-corrected chi connectivity index (χ0v) is 17.5. The van der Waals surface area contributed by atoms with Crippen LogP contribution in [-0.4, -0.2) is 32.1 Å². The van der Waals surface area contributed by atoms with Crippen LogP contribution in [0.5, 0.6) is 0 Å². The minimum absolute atomic E-state index is 0.106. The van der Waals surface area contributed by atoms with Crippen LogP contribution in [0.25, 0.3) is 0 Å². The lowest BCUT2D eigenvalue weighted by Crippen LogP contribution is -2.40. The lowest BCUT2D eigenvalue weighted by Gasteiger charge is -2.25. The van der Waals surface area contributed by atoms with Crippen molar-refractivity contribution < 1.29 is 13.2 Å². The van der Waals surface area contributed by atoms with Crippen LogP contribution in [0.15, 0.2) is 82.9 Å². The third-order valence-electron chi connectivity index (χ3n) is 4.31. The SMILES string of the molecule is Cc1ccc(N(CC(=O)N/N=C\c2ccccn2)S(=O)(=O)c2ccccc2)c(C)c1. The summed E-state index contributed by atoms with van der Waals surface area (Å²) >= 11 is 0. The van der Waals surface area contributed by atoms with E-state index in [1.807, 2.05) is 26.0 Å². The third kappa shape index (κ3) is 5.09. The van der Waals surface area contributed by atoms with Gasteiger partial charge in [0, 0.05) is 6.20 Å². The van der Waals surface area contributed by atoms with Crippen LogP contribution in [0.2, 0.25) is 0 Å². The van der Waals surface area contributed by atoms with E-state index in [4.69, 9.17) is 0 Å². The maximum Gasteiger partial charge on any atom is 0.264 e. The van der Waals surface area contributed by atoms with E-state index in [0.717, 1.165) is 15.4 Å². The third-order valence-corrected chi connectivity index (χ3v) is 6.09. The molecule has 0 unspecified atom stereocenters. The van der Waals surface area contributed by atoms with E-state index in [0.29, 0.717) is 11.4 Å². The smallest absolute Gasteiger partial charge is 0.264 e. The van der Waals surface area contributed by atoms with Crippen molar-refractivity contribution in [1.82, 2.24) is 10.4 Å². The van der Waals surface area contributed by atoms with Crippen LogP contribution in [0.1, 0.15) is 16.8 Å². The molecule has 0 fully saturated rings. The molecule has 0 aliphatic rings. The Morgan fingerprint density at radius 2 is 1.80 bits per heavy atom. The molecule has 0 atom stereocenters. The fourth-order valence-electron chi connectivity index (χ4n) is 2.89. The molecule has 0 saturated carbocycles. The molecule has 154 valence electrons. The fraction of sp³-hybridized carbons (Fsp3) is 0.136. The molecule has 1 amide bonds. The average molecular weight is 423 g/mol. The molecule has 1 heterocycles. The van der Waals surface area contributed by atoms with Gasteiger partial charge in [-0.05, 0) is 49.7 Å². The van der Waals surface area contributed by atoms with Gasteiger partial charge in [-0.15, -0.1) is 0 Å². The summed E-state index contributed by atoms with van der Waals surface area (Å²) in [7, 11) is -3.95. The topological polar surface area (TPSA) is 91.7 Å². The van der Waals surface area contributed by atoms with Gasteiger partial charge in [0.2, 0.25) is 0 Å². The minimum atomic E-state index is -3.95. The molecule has 2 aromatic carbocycles. The van der Waals surface area contributed by atoms with Crippen molar-refractivity contribution in [1.29, 1.82) is 0 Å². The first-order valence-corrected chi connectivity index (χ1v) is 10.7. The van der Waals surface area contributed by atoms with Crippen LogP contribution in [-0.2, 0) is 14.8 Å². The molecule has 0 saturated heterocycles. The van der Waals surface area contributed by atoms with Gasteiger partial charge in [-0.3, -0.25) is 14.1 Å². The Hall–Kier alpha value is -3.52. The number of rotatable bonds is 7. The van der Waals surface area contributed by atoms with Crippen molar-refractivity contribution in [2.24, 2.45) is 5.10 Å². The van der Waals surface area contributed by atoms with Crippen molar-refractivity contribution in [3.63, 3.8) is 0 Å². The Bertz CT molecular complexity index is 1150. The number of nitrogens with one attached hydrogen (secondary N) is 1. The monoisotopic (exact) mass is 422 g/mol. The molecule has 1 N–H and O–H groups in total. The van der Waals surface area contributed by atoms with E-state index < -0.39 is 22.5 Å². The van der Waals surface area contributed by atoms with Gasteiger partial charge in [0.05, 0.1) is 22.5 Å². The number of carbonyl (C=O) groups is 1. The molecule has 3 rings (SSSR count). The highest BCUT2D eigenvalue weighted by molar-refractivity contribution is 7.92. The maximum atomic E-state index is 13.3. The Kier molecular flexibility index (Phi) is 6.58. The summed E-state index contributed by atoms with van der Waals surface area (Å²) in [6.45, 7) is 3.32. The molecule has 0 aliphatic heterocycles. The van der Waals surface area contributed by atoms with Crippen LogP contribution in [0.4, 0.5) is 5.69 Å². The molecule has 30 heavy (non-hydrogen) atoms. The predicted octanol–water partition coefficient (Wildman–Crippen LogP) is 3.04. The number of nitrogens with zero attached hydrogens (tertiary/aromatic N) is 3. The first-order valence-electron chi connectivity index (χ1n) is 9.26. The number of aromatic nitrogens is 1. The summed E-state index contributed by atoms with van der Waals surface area (Å²) < 4.78 is 27.7. The second kappa shape index (κ2) is 9.32. The molecule has 1 aromatic heterocycles. The normalized spacial score (nSPS) is 11.4. The molecule has 0 radical (unpaired) electrons. The number of amides is 1. The minimum Gasteiger partial charge on any atom is -0.271 e. The second-order valence-electron chi connectivity index (χ2n) is 6.66. The van der Waals surface area contributed by atoms with Crippen molar-refractivity contribution in [2.45, 2.75) is 18.7 Å². The lowest BCUT2D eigenvalue weighted by molar-refractivity contribution is -0.119. The van der Waals surface area contributed by atoms with Crippen molar-refractivity contribution in [3.05, 3.63) is 89.7 Å². The van der Waals surface area contributed by atoms with Crippen molar-refractivity contribution in [3.8, 4) is 0 Å². The van der Waals surface area contributed by atoms with Crippen LogP contribution in [0.3, 0.4) is 0 Å². The quantitative estimate of drug-likeness (QED) is 0.468. The zero-order valence-electron chi connectivity index (χ0n) is 16.7. The Morgan fingerprint density at radius 1 is 1.07 bits per heavy atom. The Labute approximate surface area is 176 Å². The van der Waals surface area contributed by atoms with E-state index >= 15 is 0 Å². The molecule has 8 heteroatoms. The Morgan fingerprint density at radius 3 is 2.47 bits per heavy atom. The fourth-order valence-corrected chi connectivity index (χ4v) is 4.40. The molecule has 0 bridgehead atoms. The average Bonchev–Trinajstić information content (AvgIpc) is 2.74. The highest BCUT2D eigenvalue weighted by atomic mass is 32.2. The van der Waals surface area contributed by atoms with Crippen molar-refractivity contribution in [2.75, 3.05) is 10.8 Å². The first kappa shape index (κ1) is 21.2. The predicted molar refractivity (Wildman–Crippen MR) is 117 cm³/mol. The standard InChI is InChI=1S/C22H22N4O3S/c1-17-11-12-21(18(2)14-17)26(30(28,29)20-9-4-3-5-10-20)16-22(27)25-24-15-19-8-6-7-13-23-19/h3-15H,16H2,1-2H3,(H,25,27)/b24-15-. The number of carbonyl (C=O) groups excluding carboxylic acids is 1. The maximum absolute atomic E-state index is 13.3. The number of anilines is 1. The van der Waals surface area contributed by atoms with Gasteiger partial charge in [-0.2, -0.15) is 5.10 Å². The van der Waals surface area contributed by atoms with E-state index in [-0.39, 0.29) is 4.90 Å². The summed E-state index contributed by atoms with van der Waals surface area (Å²) in [6.07, 6.45) is 3.00. The van der Waals surface area contributed by atoms with E-state index in [2.05, 4.69) is 15.5 Å². The zero-order chi connectivity index (χ0) is 21.6. The molecule has 0 spiro atoms. The Balaban J connectivity index is 1.88. The molecular weight excluding hydrogens is 400 g/mol. The van der Waals surface area contributed by atoms with Gasteiger partial charge < -0.3 is 0 Å². The van der Waals surface area contributed by atoms with Gasteiger partial charge in [0.1, 0.15) is 6.54 Å². The molecule has 0 aliphatic carbocycles. The summed E-state index contributed by atoms with van der Waals surface area (Å²) in [6, 6.07) is 18.7. The van der Waals surface area contributed by atoms with Gasteiger partial charge in [0.25, 0.3) is 15.9 Å². The van der Waals surface area contributed by atoms with Crippen LogP contribution < -0.4 is 9.73 Å². The molecule has 3 aromatic rings. The van der Waals surface area contributed by atoms with Gasteiger partial charge >= 0.3 is 0 Å². The van der Waals surface area contributed by atoms with Crippen LogP contribution in [0, 0.1) is 13.8 Å².